The summed E-state index contributed by atoms with van der Waals surface area (Å²) in [5.74, 6) is -5.69. The number of hydrogen-bond acceptors (Lipinski definition) is 5. The number of rotatable bonds is 3. The molecule has 5 nitrogen and oxygen atoms in total. The summed E-state index contributed by atoms with van der Waals surface area (Å²) in [4.78, 5) is 11.2. The van der Waals surface area contributed by atoms with E-state index in [0.717, 1.165) is 7.11 Å². The van der Waals surface area contributed by atoms with Gasteiger partial charge >= 0.3 is 21.6 Å². The van der Waals surface area contributed by atoms with E-state index in [1.54, 1.807) is 0 Å². The average Bonchev–Trinajstić information content (AvgIpc) is 2.28. The van der Waals surface area contributed by atoms with E-state index < -0.39 is 58.1 Å². The highest BCUT2D eigenvalue weighted by atomic mass is 32.2. The monoisotopic (exact) mass is 324 g/mol. The van der Waals surface area contributed by atoms with Gasteiger partial charge in [0.15, 0.2) is 0 Å². The fourth-order valence-electron chi connectivity index (χ4n) is 1.47. The number of carbonyl (C=O) groups is 1. The van der Waals surface area contributed by atoms with Gasteiger partial charge in [-0.2, -0.15) is 21.6 Å². The molecule has 0 aromatic rings. The molecule has 0 N–H and O–H groups in total. The van der Waals surface area contributed by atoms with Crippen molar-refractivity contribution in [1.29, 1.82) is 0 Å². The van der Waals surface area contributed by atoms with Crippen LogP contribution in [0.3, 0.4) is 0 Å². The molecule has 0 spiro atoms. The molecule has 0 fully saturated rings. The Kier molecular flexibility index (Phi) is 4.32. The second-order valence-corrected chi connectivity index (χ2v) is 5.45. The molecule has 116 valence electrons. The van der Waals surface area contributed by atoms with Crippen LogP contribution in [0.2, 0.25) is 0 Å². The molecule has 0 saturated carbocycles. The van der Waals surface area contributed by atoms with Crippen LogP contribution in [0, 0.1) is 0 Å². The van der Waals surface area contributed by atoms with Crippen LogP contribution >= 0.6 is 0 Å². The third kappa shape index (κ3) is 3.58. The van der Waals surface area contributed by atoms with E-state index in [9.17, 15) is 35.2 Å². The third-order valence-corrected chi connectivity index (χ3v) is 3.40. The summed E-state index contributed by atoms with van der Waals surface area (Å²) >= 11 is 0. The van der Waals surface area contributed by atoms with Crippen LogP contribution in [0.4, 0.5) is 22.0 Å². The highest BCUT2D eigenvalue weighted by Crippen LogP contribution is 2.39. The molecule has 11 heteroatoms. The van der Waals surface area contributed by atoms with Crippen molar-refractivity contribution in [2.75, 3.05) is 7.11 Å². The normalized spacial score (nSPS) is 19.7. The standard InChI is InChI=1S/C9H9F5O5S/c1-18-7(15)5-4-8(10,11)3-2-6(5)19-20(16,17)9(12,13)14/h2-4H2,1H3. The first kappa shape index (κ1) is 16.7. The number of methoxy groups -OCH3 is 1. The Labute approximate surface area is 110 Å². The number of halogens is 5. The second kappa shape index (κ2) is 5.19. The minimum Gasteiger partial charge on any atom is -0.466 e. The van der Waals surface area contributed by atoms with Crippen molar-refractivity contribution in [3.63, 3.8) is 0 Å². The first-order chi connectivity index (χ1) is 8.89. The summed E-state index contributed by atoms with van der Waals surface area (Å²) in [6.45, 7) is 0. The lowest BCUT2D eigenvalue weighted by atomic mass is 9.94. The lowest BCUT2D eigenvalue weighted by Crippen LogP contribution is -2.31. The number of allylic oxidation sites excluding steroid dienone is 1. The maximum atomic E-state index is 13.1. The maximum absolute atomic E-state index is 13.1. The first-order valence-electron chi connectivity index (χ1n) is 5.08. The number of ether oxygens (including phenoxy) is 1. The van der Waals surface area contributed by atoms with E-state index in [0.29, 0.717) is 0 Å². The zero-order valence-electron chi connectivity index (χ0n) is 9.96. The van der Waals surface area contributed by atoms with E-state index >= 15 is 0 Å². The van der Waals surface area contributed by atoms with Gasteiger partial charge in [-0.05, 0) is 0 Å². The van der Waals surface area contributed by atoms with Crippen LogP contribution in [-0.4, -0.2) is 32.9 Å². The van der Waals surface area contributed by atoms with Gasteiger partial charge in [-0.25, -0.2) is 13.6 Å². The molecular weight excluding hydrogens is 315 g/mol. The number of esters is 1. The van der Waals surface area contributed by atoms with Gasteiger partial charge < -0.3 is 8.92 Å². The van der Waals surface area contributed by atoms with Gasteiger partial charge in [0, 0.05) is 19.3 Å². The van der Waals surface area contributed by atoms with E-state index in [4.69, 9.17) is 0 Å². The summed E-state index contributed by atoms with van der Waals surface area (Å²) in [6, 6.07) is 0. The Morgan fingerprint density at radius 3 is 2.30 bits per heavy atom. The van der Waals surface area contributed by atoms with Gasteiger partial charge in [0.1, 0.15) is 5.76 Å². The molecular formula is C9H9F5O5S. The summed E-state index contributed by atoms with van der Waals surface area (Å²) in [5.41, 5.74) is -6.64. The van der Waals surface area contributed by atoms with Crippen molar-refractivity contribution in [3.05, 3.63) is 11.3 Å². The van der Waals surface area contributed by atoms with Crippen molar-refractivity contribution in [1.82, 2.24) is 0 Å². The predicted octanol–water partition coefficient (Wildman–Crippen LogP) is 2.10. The largest absolute Gasteiger partial charge is 0.534 e. The average molecular weight is 324 g/mol. The molecule has 0 radical (unpaired) electrons. The Morgan fingerprint density at radius 1 is 1.30 bits per heavy atom. The SMILES string of the molecule is COC(=O)C1=C(OS(=O)(=O)C(F)(F)F)CCC(F)(F)C1. The Hall–Kier alpha value is -1.39. The van der Waals surface area contributed by atoms with Gasteiger partial charge in [0.2, 0.25) is 0 Å². The summed E-state index contributed by atoms with van der Waals surface area (Å²) in [6.07, 6.45) is -3.01. The quantitative estimate of drug-likeness (QED) is 0.344. The number of carbonyl (C=O) groups excluding carboxylic acids is 1. The second-order valence-electron chi connectivity index (χ2n) is 3.91. The van der Waals surface area contributed by atoms with E-state index in [1.807, 2.05) is 0 Å². The number of alkyl halides is 5. The zero-order valence-corrected chi connectivity index (χ0v) is 10.8. The Balaban J connectivity index is 3.18. The van der Waals surface area contributed by atoms with Crippen LogP contribution in [0.15, 0.2) is 11.3 Å². The van der Waals surface area contributed by atoms with Crippen molar-refractivity contribution in [2.24, 2.45) is 0 Å². The fraction of sp³-hybridized carbons (Fsp3) is 0.667. The Bertz CT molecular complexity index is 533. The third-order valence-electron chi connectivity index (χ3n) is 2.42. The first-order valence-corrected chi connectivity index (χ1v) is 6.49. The van der Waals surface area contributed by atoms with E-state index in [-0.39, 0.29) is 0 Å². The lowest BCUT2D eigenvalue weighted by Gasteiger charge is -2.25. The summed E-state index contributed by atoms with van der Waals surface area (Å²) in [7, 11) is -5.20. The topological polar surface area (TPSA) is 69.7 Å². The minimum atomic E-state index is -6.02. The highest BCUT2D eigenvalue weighted by Gasteiger charge is 2.50. The summed E-state index contributed by atoms with van der Waals surface area (Å²) < 4.78 is 92.2. The van der Waals surface area contributed by atoms with Crippen LogP contribution < -0.4 is 0 Å². The van der Waals surface area contributed by atoms with Crippen LogP contribution in [0.1, 0.15) is 19.3 Å². The highest BCUT2D eigenvalue weighted by molar-refractivity contribution is 7.87. The molecule has 1 aliphatic rings. The number of hydrogen-bond donors (Lipinski definition) is 0. The van der Waals surface area contributed by atoms with Crippen molar-refractivity contribution in [2.45, 2.75) is 30.7 Å². The van der Waals surface area contributed by atoms with Gasteiger partial charge in [-0.1, -0.05) is 0 Å². The van der Waals surface area contributed by atoms with E-state index in [1.165, 1.54) is 0 Å². The lowest BCUT2D eigenvalue weighted by molar-refractivity contribution is -0.138. The Morgan fingerprint density at radius 2 is 1.85 bits per heavy atom. The predicted molar refractivity (Wildman–Crippen MR) is 53.9 cm³/mol. The van der Waals surface area contributed by atoms with Crippen LogP contribution in [0.25, 0.3) is 0 Å². The summed E-state index contributed by atoms with van der Waals surface area (Å²) in [5, 5.41) is 0. The smallest absolute Gasteiger partial charge is 0.466 e. The molecule has 1 aliphatic carbocycles. The van der Waals surface area contributed by atoms with E-state index in [2.05, 4.69) is 8.92 Å². The van der Waals surface area contributed by atoms with Crippen molar-refractivity contribution >= 4 is 16.1 Å². The molecule has 0 bridgehead atoms. The molecule has 0 atom stereocenters. The molecule has 0 aromatic carbocycles. The molecule has 0 saturated heterocycles. The van der Waals surface area contributed by atoms with Gasteiger partial charge in [0.05, 0.1) is 12.7 Å². The fourth-order valence-corrected chi connectivity index (χ4v) is 2.02. The van der Waals surface area contributed by atoms with Crippen LogP contribution in [-0.2, 0) is 23.8 Å². The molecule has 0 heterocycles. The minimum absolute atomic E-state index is 0.817. The molecule has 20 heavy (non-hydrogen) atoms. The molecule has 1 rings (SSSR count). The zero-order chi connectivity index (χ0) is 15.8. The maximum Gasteiger partial charge on any atom is 0.534 e. The van der Waals surface area contributed by atoms with Crippen molar-refractivity contribution in [3.8, 4) is 0 Å². The molecule has 0 aliphatic heterocycles. The van der Waals surface area contributed by atoms with Gasteiger partial charge in [0.25, 0.3) is 5.92 Å². The van der Waals surface area contributed by atoms with Gasteiger partial charge in [-0.15, -0.1) is 0 Å². The van der Waals surface area contributed by atoms with Gasteiger partial charge in [-0.3, -0.25) is 0 Å². The molecule has 0 aromatic heterocycles. The van der Waals surface area contributed by atoms with Crippen molar-refractivity contribution < 1.29 is 44.1 Å². The molecule has 0 unspecified atom stereocenters. The molecule has 0 amide bonds. The van der Waals surface area contributed by atoms with Crippen LogP contribution in [0.5, 0.6) is 0 Å².